The molecule has 2 aliphatic rings. The number of nitrogens with zero attached hydrogens (tertiary/aromatic N) is 2. The number of aliphatic hydroxyl groups is 1. The van der Waals surface area contributed by atoms with Crippen molar-refractivity contribution < 1.29 is 19.4 Å². The Balaban J connectivity index is 1.54. The first-order valence-electron chi connectivity index (χ1n) is 10.4. The molecule has 1 atom stereocenters. The van der Waals surface area contributed by atoms with E-state index >= 15 is 0 Å². The van der Waals surface area contributed by atoms with Gasteiger partial charge < -0.3 is 19.6 Å². The second kappa shape index (κ2) is 9.85. The van der Waals surface area contributed by atoms with Crippen LogP contribution >= 0.6 is 11.8 Å². The number of aryl methyl sites for hydroxylation is 1. The first kappa shape index (κ1) is 22.0. The van der Waals surface area contributed by atoms with E-state index < -0.39 is 6.10 Å². The Morgan fingerprint density at radius 3 is 2.69 bits per heavy atom. The zero-order valence-electron chi connectivity index (χ0n) is 17.4. The zero-order valence-corrected chi connectivity index (χ0v) is 18.2. The minimum atomic E-state index is -0.524. The van der Waals surface area contributed by atoms with Crippen LogP contribution in [0.2, 0.25) is 0 Å². The van der Waals surface area contributed by atoms with E-state index in [9.17, 15) is 14.7 Å². The van der Waals surface area contributed by atoms with Crippen molar-refractivity contribution in [2.45, 2.75) is 39.2 Å². The molecule has 2 fully saturated rings. The molecule has 2 amide bonds. The van der Waals surface area contributed by atoms with Crippen molar-refractivity contribution in [3.05, 3.63) is 29.8 Å². The number of carbonyl (C=O) groups is 2. The van der Waals surface area contributed by atoms with Crippen molar-refractivity contribution in [1.29, 1.82) is 0 Å². The molecule has 3 rings (SSSR count). The summed E-state index contributed by atoms with van der Waals surface area (Å²) in [6.45, 7) is 6.41. The van der Waals surface area contributed by atoms with Crippen LogP contribution in [0.25, 0.3) is 0 Å². The Hall–Kier alpha value is -1.73. The average Bonchev–Trinajstić information content (AvgIpc) is 2.70. The summed E-state index contributed by atoms with van der Waals surface area (Å²) in [7, 11) is 0. The number of aliphatic hydroxyl groups excluding tert-OH is 1. The van der Waals surface area contributed by atoms with Gasteiger partial charge >= 0.3 is 0 Å². The highest BCUT2D eigenvalue weighted by Gasteiger charge is 2.43. The number of rotatable bonds is 6. The number of ether oxygens (including phenoxy) is 1. The number of β-amino-alcohol motifs (C(OH)–C–C–N with tert-alkyl or cyclic N) is 1. The Kier molecular flexibility index (Phi) is 7.46. The largest absolute Gasteiger partial charge is 0.484 e. The van der Waals surface area contributed by atoms with Crippen LogP contribution in [0.5, 0.6) is 5.75 Å². The van der Waals surface area contributed by atoms with E-state index in [1.165, 1.54) is 0 Å². The zero-order chi connectivity index (χ0) is 20.9. The van der Waals surface area contributed by atoms with E-state index in [-0.39, 0.29) is 23.8 Å². The lowest BCUT2D eigenvalue weighted by Crippen LogP contribution is -2.56. The Labute approximate surface area is 177 Å². The molecule has 1 aromatic rings. The number of amides is 2. The van der Waals surface area contributed by atoms with Crippen LogP contribution in [0.4, 0.5) is 0 Å². The van der Waals surface area contributed by atoms with Crippen molar-refractivity contribution in [2.24, 2.45) is 5.41 Å². The maximum atomic E-state index is 12.7. The van der Waals surface area contributed by atoms with Crippen LogP contribution in [-0.2, 0) is 9.59 Å². The van der Waals surface area contributed by atoms with Crippen molar-refractivity contribution in [1.82, 2.24) is 9.80 Å². The summed E-state index contributed by atoms with van der Waals surface area (Å²) in [6, 6.07) is 7.64. The topological polar surface area (TPSA) is 70.1 Å². The summed E-state index contributed by atoms with van der Waals surface area (Å²) < 4.78 is 5.67. The lowest BCUT2D eigenvalue weighted by atomic mass is 9.71. The van der Waals surface area contributed by atoms with Crippen LogP contribution in [0.1, 0.15) is 31.7 Å². The van der Waals surface area contributed by atoms with Crippen LogP contribution in [0.15, 0.2) is 24.3 Å². The minimum Gasteiger partial charge on any atom is -0.484 e. The maximum absolute atomic E-state index is 12.7. The third-order valence-electron chi connectivity index (χ3n) is 5.94. The van der Waals surface area contributed by atoms with E-state index in [1.807, 2.05) is 36.1 Å². The molecule has 0 bridgehead atoms. The molecule has 7 heteroatoms. The average molecular weight is 421 g/mol. The second-order valence-electron chi connectivity index (χ2n) is 8.26. The summed E-state index contributed by atoms with van der Waals surface area (Å²) in [5.41, 5.74) is 0.978. The number of piperidine rings is 2. The Morgan fingerprint density at radius 2 is 2.00 bits per heavy atom. The lowest BCUT2D eigenvalue weighted by molar-refractivity contribution is -0.144. The molecule has 0 aromatic heterocycles. The van der Waals surface area contributed by atoms with Gasteiger partial charge in [-0.2, -0.15) is 11.8 Å². The fourth-order valence-electron chi connectivity index (χ4n) is 4.36. The van der Waals surface area contributed by atoms with E-state index in [1.54, 1.807) is 16.7 Å². The van der Waals surface area contributed by atoms with E-state index in [4.69, 9.17) is 4.74 Å². The monoisotopic (exact) mass is 420 g/mol. The first-order chi connectivity index (χ1) is 13.9. The summed E-state index contributed by atoms with van der Waals surface area (Å²) in [4.78, 5) is 28.7. The predicted molar refractivity (Wildman–Crippen MR) is 115 cm³/mol. The van der Waals surface area contributed by atoms with Gasteiger partial charge in [-0.05, 0) is 55.1 Å². The molecule has 2 aliphatic heterocycles. The van der Waals surface area contributed by atoms with Gasteiger partial charge in [-0.1, -0.05) is 19.1 Å². The van der Waals surface area contributed by atoms with E-state index in [0.29, 0.717) is 44.1 Å². The molecule has 1 spiro atoms. The molecule has 0 radical (unpaired) electrons. The van der Waals surface area contributed by atoms with Gasteiger partial charge in [0, 0.05) is 26.2 Å². The molecule has 1 aromatic carbocycles. The summed E-state index contributed by atoms with van der Waals surface area (Å²) in [5, 5.41) is 10.4. The van der Waals surface area contributed by atoms with Crippen LogP contribution < -0.4 is 4.74 Å². The van der Waals surface area contributed by atoms with Crippen molar-refractivity contribution >= 4 is 23.6 Å². The highest BCUT2D eigenvalue weighted by molar-refractivity contribution is 7.99. The first-order valence-corrected chi connectivity index (χ1v) is 11.6. The SMILES string of the molecule is CCSCC(=O)N1CCC2(CC1)CC(O)CN(C(=O)COc1cccc(C)c1)C2. The molecular weight excluding hydrogens is 388 g/mol. The van der Waals surface area contributed by atoms with Crippen LogP contribution in [-0.4, -0.2) is 77.1 Å². The van der Waals surface area contributed by atoms with Crippen LogP contribution in [0, 0.1) is 12.3 Å². The Morgan fingerprint density at radius 1 is 1.24 bits per heavy atom. The van der Waals surface area contributed by atoms with E-state index in [0.717, 1.165) is 24.2 Å². The summed E-state index contributed by atoms with van der Waals surface area (Å²) in [6.07, 6.45) is 1.83. The van der Waals surface area contributed by atoms with Gasteiger partial charge in [0.25, 0.3) is 5.91 Å². The number of likely N-dealkylation sites (tertiary alicyclic amines) is 2. The predicted octanol–water partition coefficient (Wildman–Crippen LogP) is 2.33. The lowest BCUT2D eigenvalue weighted by Gasteiger charge is -2.49. The molecular formula is C22H32N2O4S. The third kappa shape index (κ3) is 5.89. The number of carbonyl (C=O) groups excluding carboxylic acids is 2. The quantitative estimate of drug-likeness (QED) is 0.765. The minimum absolute atomic E-state index is 0.0227. The molecule has 6 nitrogen and oxygen atoms in total. The number of thioether (sulfide) groups is 1. The fraction of sp³-hybridized carbons (Fsp3) is 0.636. The molecule has 0 aliphatic carbocycles. The smallest absolute Gasteiger partial charge is 0.260 e. The van der Waals surface area contributed by atoms with Crippen LogP contribution in [0.3, 0.4) is 0 Å². The van der Waals surface area contributed by atoms with Gasteiger partial charge in [-0.25, -0.2) is 0 Å². The van der Waals surface area contributed by atoms with Crippen molar-refractivity contribution in [2.75, 3.05) is 44.3 Å². The number of hydrogen-bond acceptors (Lipinski definition) is 5. The maximum Gasteiger partial charge on any atom is 0.260 e. The molecule has 29 heavy (non-hydrogen) atoms. The van der Waals surface area contributed by atoms with Gasteiger partial charge in [0.05, 0.1) is 11.9 Å². The number of hydrogen-bond donors (Lipinski definition) is 1. The van der Waals surface area contributed by atoms with Crippen molar-refractivity contribution in [3.8, 4) is 5.75 Å². The molecule has 1 unspecified atom stereocenters. The highest BCUT2D eigenvalue weighted by Crippen LogP contribution is 2.40. The molecule has 160 valence electrons. The second-order valence-corrected chi connectivity index (χ2v) is 9.53. The summed E-state index contributed by atoms with van der Waals surface area (Å²) >= 11 is 1.65. The van der Waals surface area contributed by atoms with E-state index in [2.05, 4.69) is 6.92 Å². The van der Waals surface area contributed by atoms with Crippen molar-refractivity contribution in [3.63, 3.8) is 0 Å². The molecule has 2 saturated heterocycles. The van der Waals surface area contributed by atoms with Gasteiger partial charge in [0.15, 0.2) is 6.61 Å². The standard InChI is InChI=1S/C22H32N2O4S/c1-3-29-15-21(27)23-9-7-22(8-10-23)12-18(25)13-24(16-22)20(26)14-28-19-6-4-5-17(2)11-19/h4-6,11,18,25H,3,7-10,12-16H2,1-2H3. The molecule has 0 saturated carbocycles. The Bertz CT molecular complexity index is 719. The summed E-state index contributed by atoms with van der Waals surface area (Å²) in [5.74, 6) is 2.26. The normalized spacial score (nSPS) is 21.3. The third-order valence-corrected chi connectivity index (χ3v) is 6.80. The van der Waals surface area contributed by atoms with Gasteiger partial charge in [0.2, 0.25) is 5.91 Å². The fourth-order valence-corrected chi connectivity index (χ4v) is 4.92. The molecule has 1 N–H and O–H groups in total. The highest BCUT2D eigenvalue weighted by atomic mass is 32.2. The van der Waals surface area contributed by atoms with Gasteiger partial charge in [-0.3, -0.25) is 9.59 Å². The van der Waals surface area contributed by atoms with Gasteiger partial charge in [0.1, 0.15) is 5.75 Å². The molecule has 2 heterocycles. The number of benzene rings is 1. The van der Waals surface area contributed by atoms with Gasteiger partial charge in [-0.15, -0.1) is 0 Å².